The fourth-order valence-corrected chi connectivity index (χ4v) is 2.60. The summed E-state index contributed by atoms with van der Waals surface area (Å²) >= 11 is 0. The molecule has 0 saturated heterocycles. The Labute approximate surface area is 123 Å². The van der Waals surface area contributed by atoms with E-state index in [1.165, 1.54) is 0 Å². The molecular formula is C14H16O6S. The van der Waals surface area contributed by atoms with Gasteiger partial charge >= 0.3 is 10.4 Å². The van der Waals surface area contributed by atoms with Crippen LogP contribution in [0.2, 0.25) is 0 Å². The smallest absolute Gasteiger partial charge is 0.252 e. The van der Waals surface area contributed by atoms with Crippen LogP contribution in [0.4, 0.5) is 0 Å². The molecule has 2 aromatic rings. The first-order chi connectivity index (χ1) is 10.1. The Morgan fingerprint density at radius 1 is 0.905 bits per heavy atom. The fraction of sp³-hybridized carbons (Fsp3) is 0.286. The molecule has 1 N–H and O–H groups in total. The van der Waals surface area contributed by atoms with E-state index in [4.69, 9.17) is 9.44 Å². The molecule has 0 bridgehead atoms. The van der Waals surface area contributed by atoms with Gasteiger partial charge in [0.25, 0.3) is 0 Å². The highest BCUT2D eigenvalue weighted by atomic mass is 32.3. The molecular weight excluding hydrogens is 296 g/mol. The maximum absolute atomic E-state index is 11.4. The molecule has 2 aromatic carbocycles. The fourth-order valence-electron chi connectivity index (χ4n) is 1.97. The van der Waals surface area contributed by atoms with Gasteiger partial charge in [-0.05, 0) is 22.8 Å². The van der Waals surface area contributed by atoms with E-state index in [1.807, 2.05) is 42.5 Å². The van der Waals surface area contributed by atoms with Crippen LogP contribution in [0.15, 0.2) is 42.5 Å². The highest BCUT2D eigenvalue weighted by Crippen LogP contribution is 2.19. The minimum absolute atomic E-state index is 0.0175. The lowest BCUT2D eigenvalue weighted by Crippen LogP contribution is -2.15. The lowest BCUT2D eigenvalue weighted by Gasteiger charge is -2.07. The predicted molar refractivity (Wildman–Crippen MR) is 77.1 cm³/mol. The molecule has 0 aromatic heterocycles. The molecule has 0 saturated carbocycles. The molecule has 0 heterocycles. The van der Waals surface area contributed by atoms with Gasteiger partial charge in [-0.2, -0.15) is 8.42 Å². The number of hydrogen-bond donors (Lipinski definition) is 1. The number of benzene rings is 2. The molecule has 0 radical (unpaired) electrons. The van der Waals surface area contributed by atoms with E-state index in [0.717, 1.165) is 16.3 Å². The second kappa shape index (κ2) is 7.48. The zero-order chi connectivity index (χ0) is 15.1. The summed E-state index contributed by atoms with van der Waals surface area (Å²) < 4.78 is 32.0. The predicted octanol–water partition coefficient (Wildman–Crippen LogP) is 2.15. The van der Waals surface area contributed by atoms with Crippen LogP contribution in [0.1, 0.15) is 5.56 Å². The van der Waals surface area contributed by atoms with Crippen molar-refractivity contribution < 1.29 is 26.9 Å². The van der Waals surface area contributed by atoms with Gasteiger partial charge < -0.3 is 0 Å². The second-order valence-corrected chi connectivity index (χ2v) is 5.56. The molecule has 21 heavy (non-hydrogen) atoms. The third-order valence-electron chi connectivity index (χ3n) is 2.88. The lowest BCUT2D eigenvalue weighted by molar-refractivity contribution is -0.245. The van der Waals surface area contributed by atoms with Crippen molar-refractivity contribution in [2.75, 3.05) is 19.8 Å². The molecule has 0 unspecified atom stereocenters. The van der Waals surface area contributed by atoms with Gasteiger partial charge in [0.1, 0.15) is 6.61 Å². The number of hydrogen-bond acceptors (Lipinski definition) is 6. The van der Waals surface area contributed by atoms with Crippen molar-refractivity contribution in [3.05, 3.63) is 48.0 Å². The van der Waals surface area contributed by atoms with Crippen LogP contribution in [0.25, 0.3) is 10.8 Å². The van der Waals surface area contributed by atoms with E-state index in [9.17, 15) is 8.42 Å². The van der Waals surface area contributed by atoms with Crippen LogP contribution in [0.5, 0.6) is 0 Å². The summed E-state index contributed by atoms with van der Waals surface area (Å²) in [5.41, 5.74) is 1.00. The molecule has 0 fully saturated rings. The topological polar surface area (TPSA) is 82.1 Å². The zero-order valence-corrected chi connectivity index (χ0v) is 12.1. The Balaban J connectivity index is 1.93. The molecule has 0 aliphatic carbocycles. The first-order valence-corrected chi connectivity index (χ1v) is 7.72. The van der Waals surface area contributed by atoms with Gasteiger partial charge in [-0.25, -0.2) is 13.3 Å². The average molecular weight is 312 g/mol. The van der Waals surface area contributed by atoms with Crippen LogP contribution < -0.4 is 0 Å². The maximum atomic E-state index is 11.4. The molecule has 6 nitrogen and oxygen atoms in total. The first kappa shape index (κ1) is 15.9. The highest BCUT2D eigenvalue weighted by Gasteiger charge is 2.12. The minimum atomic E-state index is -4.07. The molecule has 2 rings (SSSR count). The Hall–Kier alpha value is -1.51. The largest absolute Gasteiger partial charge is 0.399 e. The van der Waals surface area contributed by atoms with Crippen molar-refractivity contribution in [1.29, 1.82) is 0 Å². The summed E-state index contributed by atoms with van der Waals surface area (Å²) in [6.07, 6.45) is 0.445. The van der Waals surface area contributed by atoms with Crippen molar-refractivity contribution in [2.45, 2.75) is 6.42 Å². The quantitative estimate of drug-likeness (QED) is 0.457. The van der Waals surface area contributed by atoms with Crippen LogP contribution in [-0.2, 0) is 30.1 Å². The molecule has 0 spiro atoms. The highest BCUT2D eigenvalue weighted by molar-refractivity contribution is 7.81. The molecule has 0 aliphatic rings. The van der Waals surface area contributed by atoms with Gasteiger partial charge in [0.2, 0.25) is 0 Å². The number of rotatable bonds is 8. The van der Waals surface area contributed by atoms with Crippen molar-refractivity contribution >= 4 is 21.2 Å². The molecule has 114 valence electrons. The zero-order valence-electron chi connectivity index (χ0n) is 11.3. The molecule has 7 heteroatoms. The summed E-state index contributed by atoms with van der Waals surface area (Å²) in [5, 5.41) is 10.2. The molecule has 0 aliphatic heterocycles. The van der Waals surface area contributed by atoms with Crippen LogP contribution in [0, 0.1) is 0 Å². The van der Waals surface area contributed by atoms with E-state index in [-0.39, 0.29) is 19.8 Å². The summed E-state index contributed by atoms with van der Waals surface area (Å²) in [5.74, 6) is 0. The van der Waals surface area contributed by atoms with Crippen molar-refractivity contribution in [3.8, 4) is 0 Å². The summed E-state index contributed by atoms with van der Waals surface area (Å²) in [6, 6.07) is 13.7. The van der Waals surface area contributed by atoms with Gasteiger partial charge in [0.15, 0.2) is 0 Å². The minimum Gasteiger partial charge on any atom is -0.252 e. The van der Waals surface area contributed by atoms with Crippen molar-refractivity contribution in [2.24, 2.45) is 0 Å². The summed E-state index contributed by atoms with van der Waals surface area (Å²) in [7, 11) is -4.07. The van der Waals surface area contributed by atoms with Crippen LogP contribution in [0.3, 0.4) is 0 Å². The van der Waals surface area contributed by atoms with Gasteiger partial charge in [-0.15, -0.1) is 0 Å². The van der Waals surface area contributed by atoms with Gasteiger partial charge in [0.05, 0.1) is 13.2 Å². The normalized spacial score (nSPS) is 11.9. The van der Waals surface area contributed by atoms with Crippen molar-refractivity contribution in [3.63, 3.8) is 0 Å². The monoisotopic (exact) mass is 312 g/mol. The van der Waals surface area contributed by atoms with Gasteiger partial charge in [0, 0.05) is 0 Å². The second-order valence-electron chi connectivity index (χ2n) is 4.27. The first-order valence-electron chi connectivity index (χ1n) is 6.39. The Bertz CT molecular complexity index is 677. The molecule has 0 atom stereocenters. The van der Waals surface area contributed by atoms with Crippen LogP contribution in [-0.4, -0.2) is 33.5 Å². The number of fused-ring (bicyclic) bond motifs is 1. The summed E-state index contributed by atoms with van der Waals surface area (Å²) in [4.78, 5) is 3.71. The Morgan fingerprint density at radius 3 is 2.43 bits per heavy atom. The van der Waals surface area contributed by atoms with Crippen LogP contribution >= 0.6 is 0 Å². The average Bonchev–Trinajstić information content (AvgIpc) is 2.47. The third kappa shape index (κ3) is 4.76. The van der Waals surface area contributed by atoms with E-state index in [1.54, 1.807) is 0 Å². The summed E-state index contributed by atoms with van der Waals surface area (Å²) in [6.45, 7) is -0.560. The Morgan fingerprint density at radius 2 is 1.62 bits per heavy atom. The van der Waals surface area contributed by atoms with E-state index < -0.39 is 10.4 Å². The van der Waals surface area contributed by atoms with E-state index in [2.05, 4.69) is 9.07 Å². The third-order valence-corrected chi connectivity index (χ3v) is 3.79. The van der Waals surface area contributed by atoms with E-state index >= 15 is 0 Å². The Kier molecular flexibility index (Phi) is 5.66. The standard InChI is InChI=1S/C14H16O6S/c15-18-10-11-20-21(16,17)19-9-8-13-6-3-5-12-4-1-2-7-14(12)13/h1-7,15H,8-11H2. The SMILES string of the molecule is O=S(=O)(OCCOO)OCCc1cccc2ccccc12. The van der Waals surface area contributed by atoms with Crippen molar-refractivity contribution in [1.82, 2.24) is 0 Å². The lowest BCUT2D eigenvalue weighted by atomic mass is 10.0. The van der Waals surface area contributed by atoms with Gasteiger partial charge in [-0.3, -0.25) is 5.26 Å². The molecule has 0 amide bonds. The van der Waals surface area contributed by atoms with Gasteiger partial charge in [-0.1, -0.05) is 42.5 Å². The maximum Gasteiger partial charge on any atom is 0.399 e. The van der Waals surface area contributed by atoms with E-state index in [0.29, 0.717) is 6.42 Å².